The molecule has 4 atom stereocenters. The molecular formula is C23H23N5O5S. The second-order valence-corrected chi connectivity index (χ2v) is 8.28. The van der Waals surface area contributed by atoms with Crippen LogP contribution in [0.5, 0.6) is 0 Å². The molecule has 0 saturated carbocycles. The Kier molecular flexibility index (Phi) is 6.39. The smallest absolute Gasteiger partial charge is 0.337 e. The van der Waals surface area contributed by atoms with Crippen LogP contribution in [0.4, 0.5) is 11.6 Å². The number of nitrogens with one attached hydrogen (secondary N) is 3. The molecule has 176 valence electrons. The van der Waals surface area contributed by atoms with Crippen LogP contribution in [0.3, 0.4) is 0 Å². The molecule has 1 aromatic carbocycles. The maximum atomic E-state index is 11.7. The summed E-state index contributed by atoms with van der Waals surface area (Å²) >= 11 is 5.46. The van der Waals surface area contributed by atoms with Gasteiger partial charge in [0.05, 0.1) is 44.2 Å². The fourth-order valence-electron chi connectivity index (χ4n) is 4.08. The Labute approximate surface area is 201 Å². The van der Waals surface area contributed by atoms with Crippen LogP contribution in [0.2, 0.25) is 0 Å². The van der Waals surface area contributed by atoms with Gasteiger partial charge in [-0.25, -0.2) is 14.8 Å². The van der Waals surface area contributed by atoms with Crippen molar-refractivity contribution >= 4 is 34.9 Å². The second kappa shape index (κ2) is 9.75. The van der Waals surface area contributed by atoms with Crippen molar-refractivity contribution in [2.24, 2.45) is 0 Å². The van der Waals surface area contributed by atoms with Gasteiger partial charge in [0.15, 0.2) is 10.9 Å². The van der Waals surface area contributed by atoms with E-state index in [9.17, 15) is 4.79 Å². The molecule has 3 aromatic rings. The van der Waals surface area contributed by atoms with Gasteiger partial charge < -0.3 is 34.6 Å². The molecule has 2 aromatic heterocycles. The summed E-state index contributed by atoms with van der Waals surface area (Å²) in [5, 5.41) is 10.1. The number of nitrogens with zero attached hydrogens (tertiary/aromatic N) is 2. The van der Waals surface area contributed by atoms with Gasteiger partial charge in [0.25, 0.3) is 0 Å². The van der Waals surface area contributed by atoms with Gasteiger partial charge in [0, 0.05) is 11.9 Å². The predicted octanol–water partition coefficient (Wildman–Crippen LogP) is 2.46. The zero-order valence-corrected chi connectivity index (χ0v) is 19.1. The predicted molar refractivity (Wildman–Crippen MR) is 128 cm³/mol. The lowest BCUT2D eigenvalue weighted by Crippen LogP contribution is -2.46. The van der Waals surface area contributed by atoms with Crippen LogP contribution in [0.1, 0.15) is 10.4 Å². The van der Waals surface area contributed by atoms with Gasteiger partial charge in [-0.3, -0.25) is 0 Å². The molecule has 0 amide bonds. The largest absolute Gasteiger partial charge is 0.465 e. The van der Waals surface area contributed by atoms with Crippen LogP contribution < -0.4 is 16.0 Å². The third-order valence-electron chi connectivity index (χ3n) is 5.66. The molecule has 4 unspecified atom stereocenters. The zero-order chi connectivity index (χ0) is 23.5. The molecular weight excluding hydrogens is 458 g/mol. The summed E-state index contributed by atoms with van der Waals surface area (Å²) in [6, 6.07) is 12.1. The van der Waals surface area contributed by atoms with Gasteiger partial charge in [-0.2, -0.15) is 0 Å². The topological polar surface area (TPSA) is 120 Å². The van der Waals surface area contributed by atoms with E-state index in [1.165, 1.54) is 7.11 Å². The lowest BCUT2D eigenvalue weighted by atomic mass is 10.1. The standard InChI is InChI=1S/C23H23N5O5S/c1-30-21(29)13-4-2-5-14(10-13)25-23(34)28-17-12-33-19-16(11-32-20(17)19)27-22-24-8-7-15(26-22)18-6-3-9-31-18/h2-10,16-17,19-20H,11-12H2,1H3,(H,24,26,27)(H2,25,28,34). The first-order valence-electron chi connectivity index (χ1n) is 10.7. The number of rotatable bonds is 6. The Morgan fingerprint density at radius 1 is 1.12 bits per heavy atom. The van der Waals surface area contributed by atoms with Crippen LogP contribution in [-0.2, 0) is 14.2 Å². The number of furan rings is 1. The highest BCUT2D eigenvalue weighted by Gasteiger charge is 2.48. The molecule has 3 N–H and O–H groups in total. The minimum absolute atomic E-state index is 0.109. The number of carbonyl (C=O) groups is 1. The summed E-state index contributed by atoms with van der Waals surface area (Å²) in [5.41, 5.74) is 1.81. The Morgan fingerprint density at radius 2 is 1.94 bits per heavy atom. The van der Waals surface area contributed by atoms with Crippen LogP contribution in [0, 0.1) is 0 Å². The molecule has 0 spiro atoms. The Bertz CT molecular complexity index is 1170. The van der Waals surface area contributed by atoms with Crippen LogP contribution in [-0.4, -0.2) is 65.7 Å². The number of methoxy groups -OCH3 is 1. The van der Waals surface area contributed by atoms with Crippen LogP contribution in [0.25, 0.3) is 11.5 Å². The number of benzene rings is 1. The van der Waals surface area contributed by atoms with E-state index in [4.69, 9.17) is 30.8 Å². The average molecular weight is 482 g/mol. The number of carbonyl (C=O) groups excluding carboxylic acids is 1. The van der Waals surface area contributed by atoms with Gasteiger partial charge in [-0.15, -0.1) is 0 Å². The first kappa shape index (κ1) is 22.3. The number of anilines is 2. The number of hydrogen-bond acceptors (Lipinski definition) is 9. The van der Waals surface area contributed by atoms with E-state index >= 15 is 0 Å². The molecule has 0 aliphatic carbocycles. The molecule has 5 rings (SSSR count). The summed E-state index contributed by atoms with van der Waals surface area (Å²) in [4.78, 5) is 20.6. The van der Waals surface area contributed by atoms with Gasteiger partial charge in [-0.1, -0.05) is 6.07 Å². The fraction of sp³-hybridized carbons (Fsp3) is 0.304. The number of fused-ring (bicyclic) bond motifs is 1. The van der Waals surface area contributed by atoms with Crippen molar-refractivity contribution in [2.75, 3.05) is 31.0 Å². The zero-order valence-electron chi connectivity index (χ0n) is 18.3. The van der Waals surface area contributed by atoms with E-state index in [0.29, 0.717) is 47.0 Å². The van der Waals surface area contributed by atoms with E-state index in [1.807, 2.05) is 18.2 Å². The van der Waals surface area contributed by atoms with E-state index in [-0.39, 0.29) is 24.3 Å². The Balaban J connectivity index is 1.18. The summed E-state index contributed by atoms with van der Waals surface area (Å²) in [7, 11) is 1.34. The molecule has 0 bridgehead atoms. The average Bonchev–Trinajstić information content (AvgIpc) is 3.60. The van der Waals surface area contributed by atoms with Gasteiger partial charge in [-0.05, 0) is 48.6 Å². The van der Waals surface area contributed by atoms with Crippen LogP contribution in [0.15, 0.2) is 59.3 Å². The molecule has 2 aliphatic rings. The molecule has 0 radical (unpaired) electrons. The number of aromatic nitrogens is 2. The van der Waals surface area contributed by atoms with E-state index < -0.39 is 5.97 Å². The Hall–Kier alpha value is -3.54. The summed E-state index contributed by atoms with van der Waals surface area (Å²) in [6.07, 6.45) is 2.92. The number of hydrogen-bond donors (Lipinski definition) is 3. The monoisotopic (exact) mass is 481 g/mol. The Morgan fingerprint density at radius 3 is 2.74 bits per heavy atom. The quantitative estimate of drug-likeness (QED) is 0.356. The molecule has 4 heterocycles. The lowest BCUT2D eigenvalue weighted by Gasteiger charge is -2.20. The third kappa shape index (κ3) is 4.72. The van der Waals surface area contributed by atoms with Gasteiger partial charge in [0.2, 0.25) is 5.95 Å². The number of ether oxygens (including phenoxy) is 3. The first-order valence-corrected chi connectivity index (χ1v) is 11.1. The van der Waals surface area contributed by atoms with Gasteiger partial charge in [0.1, 0.15) is 17.9 Å². The van der Waals surface area contributed by atoms with Crippen molar-refractivity contribution < 1.29 is 23.4 Å². The first-order chi connectivity index (χ1) is 16.6. The fourth-order valence-corrected chi connectivity index (χ4v) is 4.35. The van der Waals surface area contributed by atoms with Gasteiger partial charge >= 0.3 is 5.97 Å². The van der Waals surface area contributed by atoms with Crippen molar-refractivity contribution in [2.45, 2.75) is 24.3 Å². The SMILES string of the molecule is COC(=O)c1cccc(NC(=S)NC2COC3C(Nc4nccc(-c5ccco5)n4)COC23)c1. The summed E-state index contributed by atoms with van der Waals surface area (Å²) in [5.74, 6) is 0.738. The van der Waals surface area contributed by atoms with E-state index in [2.05, 4.69) is 25.9 Å². The highest BCUT2D eigenvalue weighted by molar-refractivity contribution is 7.80. The van der Waals surface area contributed by atoms with Crippen molar-refractivity contribution in [3.8, 4) is 11.5 Å². The second-order valence-electron chi connectivity index (χ2n) is 7.87. The van der Waals surface area contributed by atoms with E-state index in [0.717, 1.165) is 0 Å². The van der Waals surface area contributed by atoms with E-state index in [1.54, 1.807) is 36.7 Å². The maximum Gasteiger partial charge on any atom is 0.337 e. The molecule has 2 aliphatic heterocycles. The minimum atomic E-state index is -0.411. The third-order valence-corrected chi connectivity index (χ3v) is 5.88. The molecule has 10 nitrogen and oxygen atoms in total. The van der Waals surface area contributed by atoms with Crippen molar-refractivity contribution in [1.82, 2.24) is 15.3 Å². The normalized spacial score (nSPS) is 23.2. The highest BCUT2D eigenvalue weighted by atomic mass is 32.1. The number of thiocarbonyl (C=S) groups is 1. The van der Waals surface area contributed by atoms with Crippen molar-refractivity contribution in [3.05, 3.63) is 60.5 Å². The summed E-state index contributed by atoms with van der Waals surface area (Å²) in [6.45, 7) is 0.883. The number of esters is 1. The maximum absolute atomic E-state index is 11.7. The van der Waals surface area contributed by atoms with Crippen molar-refractivity contribution in [3.63, 3.8) is 0 Å². The van der Waals surface area contributed by atoms with Crippen molar-refractivity contribution in [1.29, 1.82) is 0 Å². The highest BCUT2D eigenvalue weighted by Crippen LogP contribution is 2.29. The molecule has 34 heavy (non-hydrogen) atoms. The summed E-state index contributed by atoms with van der Waals surface area (Å²) < 4.78 is 22.2. The lowest BCUT2D eigenvalue weighted by molar-refractivity contribution is 0.0601. The van der Waals surface area contributed by atoms with Crippen LogP contribution >= 0.6 is 12.2 Å². The molecule has 2 fully saturated rings. The molecule has 2 saturated heterocycles. The molecule has 11 heteroatoms. The minimum Gasteiger partial charge on any atom is -0.465 e.